The molecule has 3 N–H and O–H groups in total. The minimum atomic E-state index is -1.02. The van der Waals surface area contributed by atoms with Crippen LogP contribution in [0.5, 0.6) is 0 Å². The fourth-order valence-corrected chi connectivity index (χ4v) is 4.85. The lowest BCUT2D eigenvalue weighted by Crippen LogP contribution is -2.91. The molecule has 3 aromatic rings. The van der Waals surface area contributed by atoms with Gasteiger partial charge in [0.1, 0.15) is 23.5 Å². The standard InChI is InChI=1S/C25H26FNO/c1-2-22-24(19-11-7-4-8-12-19)27-23(18-9-5-3-6-10-18)17-25(22,28)20-13-15-21(26)16-14-20/h3-16,22-24,27-28H,2,17H2,1H3/p+1/t22-,23-,24+,25-/m0/s1. The summed E-state index contributed by atoms with van der Waals surface area (Å²) in [7, 11) is 0. The summed E-state index contributed by atoms with van der Waals surface area (Å²) < 4.78 is 13.6. The smallest absolute Gasteiger partial charge is 0.123 e. The van der Waals surface area contributed by atoms with Gasteiger partial charge in [0.05, 0.1) is 0 Å². The zero-order valence-electron chi connectivity index (χ0n) is 16.1. The highest BCUT2D eigenvalue weighted by Gasteiger charge is 2.51. The fourth-order valence-electron chi connectivity index (χ4n) is 4.85. The molecule has 0 saturated carbocycles. The van der Waals surface area contributed by atoms with Gasteiger partial charge in [0, 0.05) is 23.5 Å². The van der Waals surface area contributed by atoms with Crippen molar-refractivity contribution >= 4 is 0 Å². The lowest BCUT2D eigenvalue weighted by Gasteiger charge is -2.46. The molecule has 3 heteroatoms. The van der Waals surface area contributed by atoms with E-state index < -0.39 is 5.60 Å². The summed E-state index contributed by atoms with van der Waals surface area (Å²) in [4.78, 5) is 0. The third-order valence-corrected chi connectivity index (χ3v) is 6.21. The molecule has 4 rings (SSSR count). The third kappa shape index (κ3) is 3.48. The van der Waals surface area contributed by atoms with Crippen LogP contribution in [0, 0.1) is 11.7 Å². The highest BCUT2D eigenvalue weighted by molar-refractivity contribution is 5.29. The minimum Gasteiger partial charge on any atom is -0.384 e. The highest BCUT2D eigenvalue weighted by atomic mass is 19.1. The largest absolute Gasteiger partial charge is 0.384 e. The summed E-state index contributed by atoms with van der Waals surface area (Å²) >= 11 is 0. The lowest BCUT2D eigenvalue weighted by atomic mass is 9.67. The molecule has 1 aliphatic heterocycles. The molecule has 3 aromatic carbocycles. The maximum atomic E-state index is 13.6. The molecule has 1 heterocycles. The Morgan fingerprint density at radius 1 is 0.893 bits per heavy atom. The van der Waals surface area contributed by atoms with E-state index >= 15 is 0 Å². The monoisotopic (exact) mass is 376 g/mol. The second-order valence-corrected chi connectivity index (χ2v) is 7.80. The van der Waals surface area contributed by atoms with Crippen molar-refractivity contribution in [3.8, 4) is 0 Å². The van der Waals surface area contributed by atoms with Gasteiger partial charge in [-0.1, -0.05) is 79.7 Å². The van der Waals surface area contributed by atoms with Crippen LogP contribution in [0.3, 0.4) is 0 Å². The summed E-state index contributed by atoms with van der Waals surface area (Å²) in [6.45, 7) is 2.13. The quantitative estimate of drug-likeness (QED) is 0.692. The Balaban J connectivity index is 1.81. The van der Waals surface area contributed by atoms with Crippen LogP contribution >= 0.6 is 0 Å². The molecule has 144 valence electrons. The zero-order valence-corrected chi connectivity index (χ0v) is 16.1. The molecule has 0 aromatic heterocycles. The molecule has 0 bridgehead atoms. The predicted octanol–water partition coefficient (Wildman–Crippen LogP) is 4.49. The van der Waals surface area contributed by atoms with Gasteiger partial charge in [-0.05, 0) is 24.1 Å². The van der Waals surface area contributed by atoms with Crippen molar-refractivity contribution in [2.45, 2.75) is 37.5 Å². The Morgan fingerprint density at radius 2 is 1.46 bits per heavy atom. The van der Waals surface area contributed by atoms with E-state index in [1.165, 1.54) is 23.3 Å². The zero-order chi connectivity index (χ0) is 19.6. The molecule has 0 unspecified atom stereocenters. The van der Waals surface area contributed by atoms with E-state index in [2.05, 4.69) is 48.6 Å². The number of hydrogen-bond donors (Lipinski definition) is 2. The van der Waals surface area contributed by atoms with Gasteiger partial charge in [-0.25, -0.2) is 4.39 Å². The molecule has 0 spiro atoms. The molecule has 0 radical (unpaired) electrons. The van der Waals surface area contributed by atoms with E-state index in [-0.39, 0.29) is 23.8 Å². The van der Waals surface area contributed by atoms with Gasteiger partial charge in [0.2, 0.25) is 0 Å². The van der Waals surface area contributed by atoms with Gasteiger partial charge >= 0.3 is 0 Å². The van der Waals surface area contributed by atoms with Crippen LogP contribution in [0.2, 0.25) is 0 Å². The molecule has 1 saturated heterocycles. The van der Waals surface area contributed by atoms with Gasteiger partial charge in [-0.3, -0.25) is 0 Å². The topological polar surface area (TPSA) is 36.8 Å². The van der Waals surface area contributed by atoms with Crippen molar-refractivity contribution in [1.29, 1.82) is 0 Å². The maximum Gasteiger partial charge on any atom is 0.123 e. The van der Waals surface area contributed by atoms with E-state index in [1.807, 2.05) is 24.3 Å². The maximum absolute atomic E-state index is 13.6. The molecule has 0 amide bonds. The van der Waals surface area contributed by atoms with E-state index in [9.17, 15) is 9.50 Å². The van der Waals surface area contributed by atoms with Crippen LogP contribution in [0.4, 0.5) is 4.39 Å². The van der Waals surface area contributed by atoms with Crippen molar-refractivity contribution < 1.29 is 14.8 Å². The molecule has 0 aliphatic carbocycles. The first-order valence-corrected chi connectivity index (χ1v) is 10.0. The van der Waals surface area contributed by atoms with E-state index in [0.29, 0.717) is 6.42 Å². The first-order valence-electron chi connectivity index (χ1n) is 10.0. The van der Waals surface area contributed by atoms with E-state index in [1.54, 1.807) is 12.1 Å². The van der Waals surface area contributed by atoms with Gasteiger partial charge < -0.3 is 10.4 Å². The average molecular weight is 376 g/mol. The van der Waals surface area contributed by atoms with Crippen LogP contribution in [0.15, 0.2) is 84.9 Å². The SMILES string of the molecule is CC[C@H]1[C@@H](c2ccccc2)[NH2+][C@H](c2ccccc2)C[C@]1(O)c1ccc(F)cc1. The van der Waals surface area contributed by atoms with Gasteiger partial charge in [-0.15, -0.1) is 0 Å². The van der Waals surface area contributed by atoms with Crippen LogP contribution in [0.1, 0.15) is 48.5 Å². The molecule has 2 nitrogen and oxygen atoms in total. The predicted molar refractivity (Wildman–Crippen MR) is 109 cm³/mol. The summed E-state index contributed by atoms with van der Waals surface area (Å²) in [5.41, 5.74) is 2.21. The Kier molecular flexibility index (Phi) is 5.29. The third-order valence-electron chi connectivity index (χ3n) is 6.21. The van der Waals surface area contributed by atoms with E-state index in [0.717, 1.165) is 12.0 Å². The van der Waals surface area contributed by atoms with Gasteiger partial charge in [0.25, 0.3) is 0 Å². The summed E-state index contributed by atoms with van der Waals surface area (Å²) in [5.74, 6) is -0.248. The van der Waals surface area contributed by atoms with Crippen LogP contribution in [-0.2, 0) is 5.60 Å². The first-order chi connectivity index (χ1) is 13.6. The second-order valence-electron chi connectivity index (χ2n) is 7.80. The number of benzene rings is 3. The second kappa shape index (κ2) is 7.86. The van der Waals surface area contributed by atoms with Crippen molar-refractivity contribution in [3.05, 3.63) is 107 Å². The van der Waals surface area contributed by atoms with Crippen molar-refractivity contribution in [2.75, 3.05) is 0 Å². The van der Waals surface area contributed by atoms with Crippen LogP contribution in [-0.4, -0.2) is 5.11 Å². The number of quaternary nitrogens is 1. The fraction of sp³-hybridized carbons (Fsp3) is 0.280. The highest BCUT2D eigenvalue weighted by Crippen LogP contribution is 2.46. The average Bonchev–Trinajstić information content (AvgIpc) is 2.75. The Bertz CT molecular complexity index is 897. The lowest BCUT2D eigenvalue weighted by molar-refractivity contribution is -0.758. The Hall–Kier alpha value is -2.49. The molecular formula is C25H27FNO+. The molecule has 1 fully saturated rings. The number of hydrogen-bond acceptors (Lipinski definition) is 1. The minimum absolute atomic E-state index is 0.0281. The molecular weight excluding hydrogens is 349 g/mol. The molecule has 1 aliphatic rings. The summed E-state index contributed by atoms with van der Waals surface area (Å²) in [5, 5.41) is 14.4. The van der Waals surface area contributed by atoms with Crippen molar-refractivity contribution in [1.82, 2.24) is 0 Å². The normalized spacial score (nSPS) is 27.5. The van der Waals surface area contributed by atoms with Gasteiger partial charge in [0.15, 0.2) is 0 Å². The Morgan fingerprint density at radius 3 is 2.04 bits per heavy atom. The summed E-state index contributed by atoms with van der Waals surface area (Å²) in [6.07, 6.45) is 1.44. The van der Waals surface area contributed by atoms with E-state index in [4.69, 9.17) is 0 Å². The molecule has 4 atom stereocenters. The number of aliphatic hydroxyl groups is 1. The van der Waals surface area contributed by atoms with Crippen LogP contribution < -0.4 is 5.32 Å². The molecule has 28 heavy (non-hydrogen) atoms. The number of rotatable bonds is 4. The summed E-state index contributed by atoms with van der Waals surface area (Å²) in [6, 6.07) is 27.4. The number of nitrogens with two attached hydrogens (primary N) is 1. The number of piperidine rings is 1. The van der Waals surface area contributed by atoms with Crippen molar-refractivity contribution in [2.24, 2.45) is 5.92 Å². The first kappa shape index (κ1) is 18.9. The Labute approximate surface area is 166 Å². The number of halogens is 1. The van der Waals surface area contributed by atoms with Crippen molar-refractivity contribution in [3.63, 3.8) is 0 Å². The van der Waals surface area contributed by atoms with Crippen LogP contribution in [0.25, 0.3) is 0 Å². The van der Waals surface area contributed by atoms with Gasteiger partial charge in [-0.2, -0.15) is 0 Å².